The van der Waals surface area contributed by atoms with Crippen molar-refractivity contribution in [1.82, 2.24) is 29.6 Å². The van der Waals surface area contributed by atoms with Gasteiger partial charge in [-0.25, -0.2) is 13.3 Å². The van der Waals surface area contributed by atoms with Crippen molar-refractivity contribution in [2.45, 2.75) is 39.0 Å². The van der Waals surface area contributed by atoms with Crippen molar-refractivity contribution in [3.8, 4) is 0 Å². The van der Waals surface area contributed by atoms with Crippen LogP contribution in [-0.2, 0) is 47.2 Å². The van der Waals surface area contributed by atoms with E-state index in [1.54, 1.807) is 0 Å². The molecule has 4 unspecified atom stereocenters. The van der Waals surface area contributed by atoms with Crippen LogP contribution in [0.3, 0.4) is 0 Å². The van der Waals surface area contributed by atoms with Crippen molar-refractivity contribution >= 4 is 0 Å². The molecule has 0 aliphatic carbocycles. The van der Waals surface area contributed by atoms with Gasteiger partial charge in [-0.1, -0.05) is 24.3 Å². The minimum atomic E-state index is 0. The molecule has 0 saturated carbocycles. The molecule has 3 aliphatic rings. The van der Waals surface area contributed by atoms with E-state index in [0.29, 0.717) is 0 Å². The second kappa shape index (κ2) is 8.62. The quantitative estimate of drug-likeness (QED) is 0.469. The van der Waals surface area contributed by atoms with E-state index in [1.165, 1.54) is 35.6 Å². The molecule has 3 aliphatic heterocycles. The number of rotatable bonds is 0. The third kappa shape index (κ3) is 4.75. The molecule has 0 radical (unpaired) electrons. The summed E-state index contributed by atoms with van der Waals surface area (Å²) in [5.41, 5.74) is 4.70. The average molecular weight is 546 g/mol. The van der Waals surface area contributed by atoms with E-state index >= 15 is 0 Å². The van der Waals surface area contributed by atoms with E-state index in [0.717, 1.165) is 52.4 Å². The Morgan fingerprint density at radius 1 is 0.556 bits per heavy atom. The summed E-state index contributed by atoms with van der Waals surface area (Å²) < 4.78 is 0. The molecule has 146 valence electrons. The molecule has 5 rings (SSSR count). The van der Waals surface area contributed by atoms with Gasteiger partial charge in [-0.05, 0) is 65.2 Å². The molecule has 2 aromatic rings. The summed E-state index contributed by atoms with van der Waals surface area (Å²) in [6, 6.07) is 8.75. The van der Waals surface area contributed by atoms with Crippen LogP contribution >= 0.6 is 0 Å². The van der Waals surface area contributed by atoms with Crippen LogP contribution in [0.15, 0.2) is 24.3 Å². The minimum Gasteiger partial charge on any atom is -0.663 e. The van der Waals surface area contributed by atoms with Gasteiger partial charge in [0.2, 0.25) is 0 Å². The van der Waals surface area contributed by atoms with E-state index < -0.39 is 0 Å². The first-order valence-electron chi connectivity index (χ1n) is 9.69. The molecule has 5 heterocycles. The summed E-state index contributed by atoms with van der Waals surface area (Å²) in [5, 5.41) is 0. The Labute approximate surface area is 176 Å². The molecule has 8 bridgehead atoms. The van der Waals surface area contributed by atoms with Crippen molar-refractivity contribution in [3.05, 3.63) is 60.4 Å². The first kappa shape index (κ1) is 19.4. The zero-order valence-corrected chi connectivity index (χ0v) is 17.8. The Balaban J connectivity index is 0.00000180. The van der Waals surface area contributed by atoms with Gasteiger partial charge >= 0.3 is 21.1 Å². The van der Waals surface area contributed by atoms with Crippen LogP contribution < -0.4 is 9.97 Å². The van der Waals surface area contributed by atoms with Crippen molar-refractivity contribution in [3.63, 3.8) is 0 Å². The molecule has 0 spiro atoms. The number of hydrogen-bond acceptors (Lipinski definition) is 4. The maximum absolute atomic E-state index is 4.87. The normalized spacial score (nSPS) is 31.1. The summed E-state index contributed by atoms with van der Waals surface area (Å²) in [6.07, 6.45) is 2.38. The van der Waals surface area contributed by atoms with Crippen LogP contribution in [0.2, 0.25) is 0 Å². The Morgan fingerprint density at radius 2 is 0.852 bits per heavy atom. The second-order valence-corrected chi connectivity index (χ2v) is 7.68. The SMILES string of the molecule is [Pt+4].c1cc2[n-]c1CN1[CH-]N(CCC1)Cc1ccc([n-]1)CN1[CH-]N(CCC1)C2. The molecule has 0 N–H and O–H groups in total. The summed E-state index contributed by atoms with van der Waals surface area (Å²) in [6.45, 7) is 12.5. The molecule has 0 aromatic carbocycles. The van der Waals surface area contributed by atoms with E-state index in [9.17, 15) is 0 Å². The smallest absolute Gasteiger partial charge is 0.663 e. The fourth-order valence-corrected chi connectivity index (χ4v) is 4.21. The zero-order chi connectivity index (χ0) is 17.3. The topological polar surface area (TPSA) is 41.2 Å². The Kier molecular flexibility index (Phi) is 6.20. The molecule has 2 saturated heterocycles. The van der Waals surface area contributed by atoms with Gasteiger partial charge < -0.3 is 29.6 Å². The zero-order valence-electron chi connectivity index (χ0n) is 15.5. The van der Waals surface area contributed by atoms with Gasteiger partial charge in [0.05, 0.1) is 0 Å². The maximum Gasteiger partial charge on any atom is 4.00 e. The number of nitrogens with zero attached hydrogens (tertiary/aromatic N) is 6. The van der Waals surface area contributed by atoms with Crippen LogP contribution in [-0.4, -0.2) is 45.8 Å². The van der Waals surface area contributed by atoms with Crippen LogP contribution in [0.1, 0.15) is 35.6 Å². The molecular formula is C20H26N6Pt. The molecule has 4 atom stereocenters. The van der Waals surface area contributed by atoms with Gasteiger partial charge in [0.15, 0.2) is 0 Å². The van der Waals surface area contributed by atoms with Gasteiger partial charge in [-0.15, -0.1) is 22.8 Å². The van der Waals surface area contributed by atoms with Crippen LogP contribution in [0.25, 0.3) is 0 Å². The van der Waals surface area contributed by atoms with Gasteiger partial charge in [0.25, 0.3) is 0 Å². The first-order valence-corrected chi connectivity index (χ1v) is 9.69. The summed E-state index contributed by atoms with van der Waals surface area (Å²) in [7, 11) is 0. The molecule has 7 heteroatoms. The Hall–Kier alpha value is -0.912. The van der Waals surface area contributed by atoms with Gasteiger partial charge in [-0.2, -0.15) is 0 Å². The minimum absolute atomic E-state index is 0. The first-order chi connectivity index (χ1) is 12.8. The van der Waals surface area contributed by atoms with Gasteiger partial charge in [0, 0.05) is 0 Å². The molecule has 27 heavy (non-hydrogen) atoms. The van der Waals surface area contributed by atoms with E-state index in [2.05, 4.69) is 57.2 Å². The molecule has 2 fully saturated rings. The van der Waals surface area contributed by atoms with E-state index in [4.69, 9.17) is 9.97 Å². The van der Waals surface area contributed by atoms with Crippen molar-refractivity contribution in [2.75, 3.05) is 26.2 Å². The Morgan fingerprint density at radius 3 is 1.15 bits per heavy atom. The van der Waals surface area contributed by atoms with Crippen molar-refractivity contribution in [1.29, 1.82) is 0 Å². The fraction of sp³-hybridized carbons (Fsp3) is 0.500. The van der Waals surface area contributed by atoms with Crippen molar-refractivity contribution < 1.29 is 21.1 Å². The predicted molar refractivity (Wildman–Crippen MR) is 99.0 cm³/mol. The molecule has 6 nitrogen and oxygen atoms in total. The monoisotopic (exact) mass is 545 g/mol. The summed E-state index contributed by atoms with van der Waals surface area (Å²) in [4.78, 5) is 19.3. The fourth-order valence-electron chi connectivity index (χ4n) is 4.21. The number of fused-ring (bicyclic) bond motifs is 8. The summed E-state index contributed by atoms with van der Waals surface area (Å²) in [5.74, 6) is 0. The van der Waals surface area contributed by atoms with Crippen molar-refractivity contribution in [2.24, 2.45) is 0 Å². The molecule has 2 aromatic heterocycles. The van der Waals surface area contributed by atoms with Crippen LogP contribution in [0.4, 0.5) is 0 Å². The predicted octanol–water partition coefficient (Wildman–Crippen LogP) is 1.57. The van der Waals surface area contributed by atoms with Gasteiger partial charge in [-0.3, -0.25) is 0 Å². The third-order valence-corrected chi connectivity index (χ3v) is 5.41. The maximum atomic E-state index is 4.87. The van der Waals surface area contributed by atoms with Gasteiger partial charge in [0.1, 0.15) is 0 Å². The van der Waals surface area contributed by atoms with E-state index in [-0.39, 0.29) is 21.1 Å². The second-order valence-electron chi connectivity index (χ2n) is 7.68. The molecular weight excluding hydrogens is 519 g/mol. The average Bonchev–Trinajstić information content (AvgIpc) is 3.24. The standard InChI is InChI=1S/C20H26N6.Pt/c1-7-23-11-17-3-5-19(21-17)13-25-9-2-10-26(16-25)14-20-6-4-18(22-20)12-24(8-1)15-23;/h3-6,15-16H,1-2,7-14H2;/q-4;+4. The number of hydrogen-bond donors (Lipinski definition) is 0. The largest absolute Gasteiger partial charge is 4.00 e. The van der Waals surface area contributed by atoms with Crippen LogP contribution in [0.5, 0.6) is 0 Å². The molecule has 0 amide bonds. The summed E-state index contributed by atoms with van der Waals surface area (Å²) >= 11 is 0. The third-order valence-electron chi connectivity index (χ3n) is 5.41. The Bertz CT molecular complexity index is 625. The number of aromatic nitrogens is 2. The van der Waals surface area contributed by atoms with Crippen LogP contribution in [0, 0.1) is 13.3 Å². The van der Waals surface area contributed by atoms with E-state index in [1.807, 2.05) is 0 Å².